The van der Waals surface area contributed by atoms with Crippen molar-refractivity contribution in [2.75, 3.05) is 11.9 Å². The molecule has 0 saturated heterocycles. The lowest BCUT2D eigenvalue weighted by Crippen LogP contribution is -2.40. The molecule has 1 aromatic heterocycles. The van der Waals surface area contributed by atoms with E-state index in [1.54, 1.807) is 4.68 Å². The molecule has 3 N–H and O–H groups in total. The zero-order valence-corrected chi connectivity index (χ0v) is 9.96. The van der Waals surface area contributed by atoms with Crippen molar-refractivity contribution in [1.82, 2.24) is 20.2 Å². The Kier molecular flexibility index (Phi) is 3.06. The maximum absolute atomic E-state index is 5.90. The molecule has 0 unspecified atom stereocenters. The van der Waals surface area contributed by atoms with E-state index in [9.17, 15) is 0 Å². The second-order valence-corrected chi connectivity index (χ2v) is 4.59. The maximum atomic E-state index is 5.90. The number of nitrogens with two attached hydrogens (primary N) is 1. The quantitative estimate of drug-likeness (QED) is 0.815. The summed E-state index contributed by atoms with van der Waals surface area (Å²) in [4.78, 5) is 0. The van der Waals surface area contributed by atoms with Gasteiger partial charge in [0, 0.05) is 12.1 Å². The number of tetrazole rings is 1. The Labute approximate surface area is 99.8 Å². The van der Waals surface area contributed by atoms with E-state index in [1.165, 1.54) is 0 Å². The molecule has 0 radical (unpaired) electrons. The van der Waals surface area contributed by atoms with Gasteiger partial charge in [-0.05, 0) is 36.4 Å². The van der Waals surface area contributed by atoms with Gasteiger partial charge >= 0.3 is 0 Å². The molecule has 2 rings (SSSR count). The van der Waals surface area contributed by atoms with Crippen LogP contribution < -0.4 is 11.1 Å². The number of nitrogens with zero attached hydrogens (tertiary/aromatic N) is 4. The molecule has 0 saturated carbocycles. The van der Waals surface area contributed by atoms with Crippen LogP contribution in [0.25, 0.3) is 5.69 Å². The highest BCUT2D eigenvalue weighted by molar-refractivity contribution is 5.38. The molecule has 0 atom stereocenters. The van der Waals surface area contributed by atoms with Gasteiger partial charge in [-0.25, -0.2) is 0 Å². The van der Waals surface area contributed by atoms with E-state index in [0.29, 0.717) is 12.5 Å². The Hall–Kier alpha value is -1.95. The third-order valence-corrected chi connectivity index (χ3v) is 2.17. The Bertz CT molecular complexity index is 470. The van der Waals surface area contributed by atoms with Gasteiger partial charge in [-0.3, -0.25) is 0 Å². The fraction of sp³-hybridized carbons (Fsp3) is 0.364. The molecule has 6 heteroatoms. The first kappa shape index (κ1) is 11.5. The van der Waals surface area contributed by atoms with E-state index in [-0.39, 0.29) is 5.54 Å². The minimum absolute atomic E-state index is 0.312. The number of hydrogen-bond donors (Lipinski definition) is 2. The Morgan fingerprint density at radius 2 is 2.00 bits per heavy atom. The van der Waals surface area contributed by atoms with Crippen LogP contribution in [-0.2, 0) is 0 Å². The number of hydrogen-bond acceptors (Lipinski definition) is 5. The van der Waals surface area contributed by atoms with Gasteiger partial charge in [-0.15, -0.1) is 0 Å². The summed E-state index contributed by atoms with van der Waals surface area (Å²) in [5, 5.41) is 14.7. The molecule has 0 bridgehead atoms. The van der Waals surface area contributed by atoms with Crippen LogP contribution in [0.5, 0.6) is 0 Å². The normalized spacial score (nSPS) is 11.5. The average Bonchev–Trinajstić information content (AvgIpc) is 2.75. The van der Waals surface area contributed by atoms with Crippen molar-refractivity contribution < 1.29 is 0 Å². The van der Waals surface area contributed by atoms with Crippen molar-refractivity contribution >= 4 is 5.95 Å². The Balaban J connectivity index is 2.18. The van der Waals surface area contributed by atoms with Crippen molar-refractivity contribution in [2.24, 2.45) is 5.73 Å². The minimum Gasteiger partial charge on any atom is -0.351 e. The number of anilines is 1. The third-order valence-electron chi connectivity index (χ3n) is 2.17. The standard InChI is InChI=1S/C11H16N6/c1-11(2,12)8-13-10-14-15-16-17(10)9-6-4-3-5-7-9/h3-7H,8,12H2,1-2H3,(H,13,14,16). The number of aromatic nitrogens is 4. The van der Waals surface area contributed by atoms with Gasteiger partial charge in [0.1, 0.15) is 0 Å². The topological polar surface area (TPSA) is 81.7 Å². The van der Waals surface area contributed by atoms with Crippen LogP contribution in [0, 0.1) is 0 Å². The highest BCUT2D eigenvalue weighted by atomic mass is 15.6. The zero-order chi connectivity index (χ0) is 12.3. The van der Waals surface area contributed by atoms with Gasteiger partial charge in [0.05, 0.1) is 5.69 Å². The predicted octanol–water partition coefficient (Wildman–Crippen LogP) is 0.811. The van der Waals surface area contributed by atoms with Crippen LogP contribution >= 0.6 is 0 Å². The summed E-state index contributed by atoms with van der Waals surface area (Å²) < 4.78 is 1.64. The first-order chi connectivity index (χ1) is 8.06. The average molecular weight is 232 g/mol. The van der Waals surface area contributed by atoms with Gasteiger partial charge in [-0.1, -0.05) is 23.3 Å². The summed E-state index contributed by atoms with van der Waals surface area (Å²) in [7, 11) is 0. The van der Waals surface area contributed by atoms with Crippen molar-refractivity contribution in [2.45, 2.75) is 19.4 Å². The van der Waals surface area contributed by atoms with Crippen LogP contribution in [-0.4, -0.2) is 32.3 Å². The maximum Gasteiger partial charge on any atom is 0.247 e. The van der Waals surface area contributed by atoms with Gasteiger partial charge in [-0.2, -0.15) is 4.68 Å². The van der Waals surface area contributed by atoms with Crippen molar-refractivity contribution in [3.8, 4) is 5.69 Å². The molecule has 1 heterocycles. The smallest absolute Gasteiger partial charge is 0.247 e. The number of nitrogens with one attached hydrogen (secondary N) is 1. The molecule has 1 aromatic carbocycles. The fourth-order valence-electron chi connectivity index (χ4n) is 1.35. The summed E-state index contributed by atoms with van der Waals surface area (Å²) in [5.41, 5.74) is 6.50. The molecule has 0 fully saturated rings. The van der Waals surface area contributed by atoms with Crippen molar-refractivity contribution in [3.05, 3.63) is 30.3 Å². The first-order valence-corrected chi connectivity index (χ1v) is 5.43. The summed E-state index contributed by atoms with van der Waals surface area (Å²) in [6.07, 6.45) is 0. The molecule has 17 heavy (non-hydrogen) atoms. The van der Waals surface area contributed by atoms with Crippen LogP contribution in [0.15, 0.2) is 30.3 Å². The van der Waals surface area contributed by atoms with E-state index in [4.69, 9.17) is 5.73 Å². The van der Waals surface area contributed by atoms with E-state index >= 15 is 0 Å². The van der Waals surface area contributed by atoms with Crippen LogP contribution in [0.3, 0.4) is 0 Å². The molecule has 0 aliphatic carbocycles. The molecular formula is C11H16N6. The second-order valence-electron chi connectivity index (χ2n) is 4.59. The monoisotopic (exact) mass is 232 g/mol. The zero-order valence-electron chi connectivity index (χ0n) is 9.96. The van der Waals surface area contributed by atoms with Gasteiger partial charge in [0.2, 0.25) is 5.95 Å². The second kappa shape index (κ2) is 4.50. The Morgan fingerprint density at radius 3 is 2.65 bits per heavy atom. The predicted molar refractivity (Wildman–Crippen MR) is 65.9 cm³/mol. The molecule has 6 nitrogen and oxygen atoms in total. The van der Waals surface area contributed by atoms with Crippen LogP contribution in [0.4, 0.5) is 5.95 Å². The number of benzene rings is 1. The molecule has 0 amide bonds. The summed E-state index contributed by atoms with van der Waals surface area (Å²) >= 11 is 0. The summed E-state index contributed by atoms with van der Waals surface area (Å²) in [6.45, 7) is 4.48. The van der Waals surface area contributed by atoms with E-state index in [1.807, 2.05) is 44.2 Å². The molecule has 0 aliphatic rings. The molecule has 90 valence electrons. The molecule has 0 aliphatic heterocycles. The highest BCUT2D eigenvalue weighted by Crippen LogP contribution is 2.11. The molecular weight excluding hydrogens is 216 g/mol. The van der Waals surface area contributed by atoms with E-state index < -0.39 is 0 Å². The lowest BCUT2D eigenvalue weighted by Gasteiger charge is -2.18. The number of para-hydroxylation sites is 1. The van der Waals surface area contributed by atoms with E-state index in [0.717, 1.165) is 5.69 Å². The van der Waals surface area contributed by atoms with Crippen molar-refractivity contribution in [1.29, 1.82) is 0 Å². The SMILES string of the molecule is CC(C)(N)CNc1nnnn1-c1ccccc1. The lowest BCUT2D eigenvalue weighted by molar-refractivity contribution is 0.546. The van der Waals surface area contributed by atoms with Crippen LogP contribution in [0.1, 0.15) is 13.8 Å². The Morgan fingerprint density at radius 1 is 1.29 bits per heavy atom. The highest BCUT2D eigenvalue weighted by Gasteiger charge is 2.13. The summed E-state index contributed by atoms with van der Waals surface area (Å²) in [6, 6.07) is 9.70. The van der Waals surface area contributed by atoms with Crippen LogP contribution in [0.2, 0.25) is 0 Å². The fourth-order valence-corrected chi connectivity index (χ4v) is 1.35. The molecule has 2 aromatic rings. The van der Waals surface area contributed by atoms with Gasteiger partial charge < -0.3 is 11.1 Å². The minimum atomic E-state index is -0.312. The van der Waals surface area contributed by atoms with Crippen molar-refractivity contribution in [3.63, 3.8) is 0 Å². The van der Waals surface area contributed by atoms with Gasteiger partial charge in [0.25, 0.3) is 0 Å². The first-order valence-electron chi connectivity index (χ1n) is 5.43. The van der Waals surface area contributed by atoms with E-state index in [2.05, 4.69) is 20.8 Å². The number of rotatable bonds is 4. The van der Waals surface area contributed by atoms with Gasteiger partial charge in [0.15, 0.2) is 0 Å². The lowest BCUT2D eigenvalue weighted by atomic mass is 10.1. The third kappa shape index (κ3) is 3.01. The molecule has 0 spiro atoms. The largest absolute Gasteiger partial charge is 0.351 e. The summed E-state index contributed by atoms with van der Waals surface area (Å²) in [5.74, 6) is 0.592.